The summed E-state index contributed by atoms with van der Waals surface area (Å²) in [5.41, 5.74) is 3.10. The van der Waals surface area contributed by atoms with Crippen LogP contribution in [0.25, 0.3) is 10.9 Å². The van der Waals surface area contributed by atoms with Crippen molar-refractivity contribution in [2.24, 2.45) is 11.8 Å². The first kappa shape index (κ1) is 15.4. The Bertz CT molecular complexity index is 799. The molecule has 2 aliphatic carbocycles. The first-order chi connectivity index (χ1) is 11.7. The Balaban J connectivity index is 1.81. The van der Waals surface area contributed by atoms with Crippen molar-refractivity contribution in [2.45, 2.75) is 51.4 Å². The molecule has 4 heteroatoms. The van der Waals surface area contributed by atoms with Gasteiger partial charge in [-0.15, -0.1) is 0 Å². The van der Waals surface area contributed by atoms with Gasteiger partial charge in [0.2, 0.25) is 5.91 Å². The summed E-state index contributed by atoms with van der Waals surface area (Å²) in [6.07, 6.45) is 7.31. The topological polar surface area (TPSA) is 59.3 Å². The quantitative estimate of drug-likeness (QED) is 0.906. The lowest BCUT2D eigenvalue weighted by atomic mass is 9.86. The number of hydrogen-bond donors (Lipinski definition) is 1. The lowest BCUT2D eigenvalue weighted by Gasteiger charge is -2.24. The minimum atomic E-state index is -0.726. The summed E-state index contributed by atoms with van der Waals surface area (Å²) >= 11 is 0. The van der Waals surface area contributed by atoms with Gasteiger partial charge in [-0.2, -0.15) is 0 Å². The summed E-state index contributed by atoms with van der Waals surface area (Å²) in [5.74, 6) is -0.714. The highest BCUT2D eigenvalue weighted by Gasteiger charge is 2.32. The van der Waals surface area contributed by atoms with Crippen molar-refractivity contribution < 1.29 is 14.7 Å². The number of carboxylic acid groups (broad SMARTS) is 1. The van der Waals surface area contributed by atoms with Crippen molar-refractivity contribution >= 4 is 22.8 Å². The summed E-state index contributed by atoms with van der Waals surface area (Å²) < 4.78 is 1.93. The van der Waals surface area contributed by atoms with Gasteiger partial charge in [0.1, 0.15) is 0 Å². The largest absolute Gasteiger partial charge is 0.481 e. The van der Waals surface area contributed by atoms with Crippen LogP contribution in [0.1, 0.15) is 54.6 Å². The Labute approximate surface area is 141 Å². The van der Waals surface area contributed by atoms with E-state index in [0.717, 1.165) is 47.8 Å². The maximum Gasteiger partial charge on any atom is 0.306 e. The number of rotatable bonds is 2. The molecule has 1 saturated carbocycles. The standard InChI is InChI=1S/C20H23NO3/c22-19(13-6-2-1-3-7-13)21-17-9-5-4-8-15(17)16-12-14(20(23)24)10-11-18(16)21/h4-5,8-9,13-14H,1-3,6-7,10-12H2,(H,23,24). The Morgan fingerprint density at radius 3 is 2.50 bits per heavy atom. The molecule has 1 N–H and O–H groups in total. The number of benzene rings is 1. The predicted molar refractivity (Wildman–Crippen MR) is 92.3 cm³/mol. The molecule has 1 fully saturated rings. The maximum absolute atomic E-state index is 13.2. The number of para-hydroxylation sites is 1. The molecule has 126 valence electrons. The molecule has 0 radical (unpaired) electrons. The van der Waals surface area contributed by atoms with Crippen LogP contribution in [0.2, 0.25) is 0 Å². The van der Waals surface area contributed by atoms with Crippen LogP contribution in [0.4, 0.5) is 0 Å². The highest BCUT2D eigenvalue weighted by atomic mass is 16.4. The number of carbonyl (C=O) groups excluding carboxylic acids is 1. The lowest BCUT2D eigenvalue weighted by molar-refractivity contribution is -0.142. The number of hydrogen-bond acceptors (Lipinski definition) is 2. The third kappa shape index (κ3) is 2.45. The third-order valence-corrected chi connectivity index (χ3v) is 5.79. The highest BCUT2D eigenvalue weighted by molar-refractivity contribution is 5.97. The zero-order valence-electron chi connectivity index (χ0n) is 13.8. The molecule has 1 aromatic heterocycles. The van der Waals surface area contributed by atoms with Crippen LogP contribution >= 0.6 is 0 Å². The van der Waals surface area contributed by atoms with Crippen molar-refractivity contribution in [2.75, 3.05) is 0 Å². The predicted octanol–water partition coefficient (Wildman–Crippen LogP) is 4.05. The number of nitrogens with zero attached hydrogens (tertiary/aromatic N) is 1. The van der Waals surface area contributed by atoms with E-state index in [1.54, 1.807) is 0 Å². The van der Waals surface area contributed by atoms with E-state index in [9.17, 15) is 14.7 Å². The van der Waals surface area contributed by atoms with Gasteiger partial charge in [0.15, 0.2) is 0 Å². The molecule has 1 atom stereocenters. The average molecular weight is 325 g/mol. The van der Waals surface area contributed by atoms with Gasteiger partial charge < -0.3 is 5.11 Å². The summed E-state index contributed by atoms with van der Waals surface area (Å²) in [4.78, 5) is 24.6. The van der Waals surface area contributed by atoms with Gasteiger partial charge in [-0.05, 0) is 43.7 Å². The van der Waals surface area contributed by atoms with Crippen LogP contribution in [-0.4, -0.2) is 21.6 Å². The molecular weight excluding hydrogens is 302 g/mol. The summed E-state index contributed by atoms with van der Waals surface area (Å²) in [5, 5.41) is 10.4. The summed E-state index contributed by atoms with van der Waals surface area (Å²) in [6.45, 7) is 0. The molecule has 0 spiro atoms. The van der Waals surface area contributed by atoms with Crippen molar-refractivity contribution in [1.29, 1.82) is 0 Å². The van der Waals surface area contributed by atoms with E-state index in [1.165, 1.54) is 6.42 Å². The average Bonchev–Trinajstić information content (AvgIpc) is 2.95. The van der Waals surface area contributed by atoms with Crippen LogP contribution in [0.5, 0.6) is 0 Å². The van der Waals surface area contributed by atoms with Crippen molar-refractivity contribution in [3.05, 3.63) is 35.5 Å². The molecule has 0 bridgehead atoms. The zero-order valence-corrected chi connectivity index (χ0v) is 13.8. The SMILES string of the molecule is O=C(O)C1CCc2c(c3ccccc3n2C(=O)C2CCCCC2)C1. The fourth-order valence-electron chi connectivity index (χ4n) is 4.50. The lowest BCUT2D eigenvalue weighted by Crippen LogP contribution is -2.28. The number of aliphatic carboxylic acids is 1. The molecule has 2 aromatic rings. The molecule has 4 rings (SSSR count). The van der Waals surface area contributed by atoms with Crippen LogP contribution in [0.15, 0.2) is 24.3 Å². The summed E-state index contributed by atoms with van der Waals surface area (Å²) in [7, 11) is 0. The van der Waals surface area contributed by atoms with Crippen molar-refractivity contribution in [3.8, 4) is 0 Å². The molecule has 0 saturated heterocycles. The second-order valence-electron chi connectivity index (χ2n) is 7.23. The smallest absolute Gasteiger partial charge is 0.306 e. The first-order valence-corrected chi connectivity index (χ1v) is 9.05. The molecule has 24 heavy (non-hydrogen) atoms. The number of aromatic nitrogens is 1. The van der Waals surface area contributed by atoms with Crippen LogP contribution in [0, 0.1) is 11.8 Å². The Morgan fingerprint density at radius 2 is 1.75 bits per heavy atom. The minimum absolute atomic E-state index is 0.121. The van der Waals surface area contributed by atoms with E-state index in [4.69, 9.17) is 0 Å². The monoisotopic (exact) mass is 325 g/mol. The normalized spacial score (nSPS) is 21.6. The second kappa shape index (κ2) is 6.08. The first-order valence-electron chi connectivity index (χ1n) is 9.05. The van der Waals surface area contributed by atoms with Gasteiger partial charge in [-0.1, -0.05) is 37.5 Å². The van der Waals surface area contributed by atoms with E-state index in [-0.39, 0.29) is 17.7 Å². The summed E-state index contributed by atoms with van der Waals surface area (Å²) in [6, 6.07) is 7.97. The van der Waals surface area contributed by atoms with Gasteiger partial charge in [-0.25, -0.2) is 0 Å². The fraction of sp³-hybridized carbons (Fsp3) is 0.500. The van der Waals surface area contributed by atoms with Crippen LogP contribution in [0.3, 0.4) is 0 Å². The third-order valence-electron chi connectivity index (χ3n) is 5.79. The van der Waals surface area contributed by atoms with Gasteiger partial charge >= 0.3 is 5.97 Å². The van der Waals surface area contributed by atoms with Crippen LogP contribution in [-0.2, 0) is 17.6 Å². The van der Waals surface area contributed by atoms with Gasteiger partial charge in [0.05, 0.1) is 11.4 Å². The molecule has 1 aromatic carbocycles. The van der Waals surface area contributed by atoms with E-state index >= 15 is 0 Å². The Hall–Kier alpha value is -2.10. The molecule has 0 amide bonds. The van der Waals surface area contributed by atoms with E-state index in [1.807, 2.05) is 28.8 Å². The Morgan fingerprint density at radius 1 is 1.00 bits per heavy atom. The number of fused-ring (bicyclic) bond motifs is 3. The maximum atomic E-state index is 13.2. The van der Waals surface area contributed by atoms with E-state index < -0.39 is 5.97 Å². The molecule has 1 heterocycles. The molecule has 4 nitrogen and oxygen atoms in total. The van der Waals surface area contributed by atoms with Gasteiger partial charge in [0, 0.05) is 17.0 Å². The number of carboxylic acids is 1. The van der Waals surface area contributed by atoms with Crippen molar-refractivity contribution in [1.82, 2.24) is 4.57 Å². The molecule has 0 aliphatic heterocycles. The molecular formula is C20H23NO3. The number of carbonyl (C=O) groups is 2. The van der Waals surface area contributed by atoms with Crippen molar-refractivity contribution in [3.63, 3.8) is 0 Å². The molecule has 2 aliphatic rings. The Kier molecular flexibility index (Phi) is 3.91. The van der Waals surface area contributed by atoms with E-state index in [0.29, 0.717) is 19.3 Å². The van der Waals surface area contributed by atoms with Gasteiger partial charge in [0.25, 0.3) is 0 Å². The van der Waals surface area contributed by atoms with Gasteiger partial charge in [-0.3, -0.25) is 14.2 Å². The zero-order chi connectivity index (χ0) is 16.7. The van der Waals surface area contributed by atoms with E-state index in [2.05, 4.69) is 0 Å². The fourth-order valence-corrected chi connectivity index (χ4v) is 4.50. The minimum Gasteiger partial charge on any atom is -0.481 e. The van der Waals surface area contributed by atoms with Crippen LogP contribution < -0.4 is 0 Å². The molecule has 1 unspecified atom stereocenters. The second-order valence-corrected chi connectivity index (χ2v) is 7.23. The highest BCUT2D eigenvalue weighted by Crippen LogP contribution is 2.36.